The molecule has 7 nitrogen and oxygen atoms in total. The first kappa shape index (κ1) is 14.2. The molecule has 0 amide bonds. The lowest BCUT2D eigenvalue weighted by Crippen LogP contribution is -2.29. The van der Waals surface area contributed by atoms with Gasteiger partial charge in [0.1, 0.15) is 5.75 Å². The van der Waals surface area contributed by atoms with Crippen LogP contribution in [-0.2, 0) is 0 Å². The van der Waals surface area contributed by atoms with E-state index in [-0.39, 0.29) is 6.04 Å². The quantitative estimate of drug-likeness (QED) is 0.595. The number of rotatable bonds is 6. The van der Waals surface area contributed by atoms with Crippen molar-refractivity contribution >= 4 is 0 Å². The number of pyridine rings is 1. The van der Waals surface area contributed by atoms with Gasteiger partial charge < -0.3 is 9.47 Å². The first-order chi connectivity index (χ1) is 9.78. The molecule has 0 bridgehead atoms. The Hall–Kier alpha value is -2.25. The minimum Gasteiger partial charge on any atom is -0.492 e. The smallest absolute Gasteiger partial charge is 0.233 e. The number of hydrogen-bond donors (Lipinski definition) is 2. The lowest BCUT2D eigenvalue weighted by atomic mass is 10.1. The number of nitrogens with zero attached hydrogens (tertiary/aromatic N) is 3. The van der Waals surface area contributed by atoms with Crippen molar-refractivity contribution in [2.45, 2.75) is 13.0 Å². The standard InChI is InChI=1S/C13H17N5O2/c1-3-20-10-6-9(7-15-8-10)13(16-14)11-4-5-12(19-2)18-17-11/h4-8,13,16H,3,14H2,1-2H3. The first-order valence-electron chi connectivity index (χ1n) is 6.20. The highest BCUT2D eigenvalue weighted by Gasteiger charge is 2.16. The molecule has 20 heavy (non-hydrogen) atoms. The van der Waals surface area contributed by atoms with Crippen molar-refractivity contribution in [2.24, 2.45) is 5.84 Å². The van der Waals surface area contributed by atoms with Gasteiger partial charge in [-0.2, -0.15) is 0 Å². The van der Waals surface area contributed by atoms with E-state index in [1.54, 1.807) is 24.5 Å². The fraction of sp³-hybridized carbons (Fsp3) is 0.308. The Morgan fingerprint density at radius 3 is 2.75 bits per heavy atom. The zero-order chi connectivity index (χ0) is 14.4. The van der Waals surface area contributed by atoms with Crippen molar-refractivity contribution in [1.82, 2.24) is 20.6 Å². The topological polar surface area (TPSA) is 95.2 Å². The van der Waals surface area contributed by atoms with Crippen LogP contribution < -0.4 is 20.7 Å². The number of ether oxygens (including phenoxy) is 2. The molecule has 7 heteroatoms. The Morgan fingerprint density at radius 2 is 2.15 bits per heavy atom. The highest BCUT2D eigenvalue weighted by molar-refractivity contribution is 5.31. The summed E-state index contributed by atoms with van der Waals surface area (Å²) in [5.41, 5.74) is 4.22. The van der Waals surface area contributed by atoms with Crippen LogP contribution in [-0.4, -0.2) is 28.9 Å². The highest BCUT2D eigenvalue weighted by atomic mass is 16.5. The number of nitrogens with two attached hydrogens (primary N) is 1. The summed E-state index contributed by atoms with van der Waals surface area (Å²) in [4.78, 5) is 4.14. The van der Waals surface area contributed by atoms with Crippen molar-refractivity contribution in [2.75, 3.05) is 13.7 Å². The monoisotopic (exact) mass is 275 g/mol. The molecule has 0 saturated carbocycles. The van der Waals surface area contributed by atoms with Gasteiger partial charge in [0.15, 0.2) is 0 Å². The number of methoxy groups -OCH3 is 1. The Kier molecular flexibility index (Phi) is 4.80. The van der Waals surface area contributed by atoms with Gasteiger partial charge in [0, 0.05) is 12.3 Å². The molecule has 3 N–H and O–H groups in total. The summed E-state index contributed by atoms with van der Waals surface area (Å²) in [6.45, 7) is 2.49. The summed E-state index contributed by atoms with van der Waals surface area (Å²) >= 11 is 0. The average Bonchev–Trinajstić information content (AvgIpc) is 2.49. The molecule has 0 saturated heterocycles. The van der Waals surface area contributed by atoms with Crippen LogP contribution in [0.2, 0.25) is 0 Å². The van der Waals surface area contributed by atoms with E-state index in [1.165, 1.54) is 7.11 Å². The maximum absolute atomic E-state index is 5.61. The third kappa shape index (κ3) is 3.19. The van der Waals surface area contributed by atoms with E-state index in [9.17, 15) is 0 Å². The summed E-state index contributed by atoms with van der Waals surface area (Å²) in [5, 5.41) is 8.02. The number of hydrogen-bond acceptors (Lipinski definition) is 7. The van der Waals surface area contributed by atoms with E-state index in [0.717, 1.165) is 5.56 Å². The molecule has 0 radical (unpaired) electrons. The molecule has 1 unspecified atom stereocenters. The lowest BCUT2D eigenvalue weighted by molar-refractivity contribution is 0.338. The zero-order valence-electron chi connectivity index (χ0n) is 11.4. The number of aromatic nitrogens is 3. The van der Waals surface area contributed by atoms with Crippen LogP contribution in [0.25, 0.3) is 0 Å². The predicted molar refractivity (Wildman–Crippen MR) is 73.2 cm³/mol. The zero-order valence-corrected chi connectivity index (χ0v) is 11.4. The molecule has 2 rings (SSSR count). The lowest BCUT2D eigenvalue weighted by Gasteiger charge is -2.15. The molecule has 0 aliphatic rings. The molecule has 0 aromatic carbocycles. The molecule has 1 atom stereocenters. The van der Waals surface area contributed by atoms with Gasteiger partial charge in [-0.1, -0.05) is 0 Å². The van der Waals surface area contributed by atoms with Crippen LogP contribution >= 0.6 is 0 Å². The number of hydrazine groups is 1. The summed E-state index contributed by atoms with van der Waals surface area (Å²) in [6, 6.07) is 5.07. The van der Waals surface area contributed by atoms with Gasteiger partial charge in [-0.05, 0) is 24.6 Å². The fourth-order valence-corrected chi connectivity index (χ4v) is 1.78. The van der Waals surface area contributed by atoms with Crippen LogP contribution in [0.3, 0.4) is 0 Å². The highest BCUT2D eigenvalue weighted by Crippen LogP contribution is 2.22. The Balaban J connectivity index is 2.28. The minimum atomic E-state index is -0.318. The van der Waals surface area contributed by atoms with Gasteiger partial charge in [-0.15, -0.1) is 10.2 Å². The molecule has 0 fully saturated rings. The van der Waals surface area contributed by atoms with E-state index in [2.05, 4.69) is 20.6 Å². The van der Waals surface area contributed by atoms with Crippen LogP contribution in [0.15, 0.2) is 30.6 Å². The first-order valence-corrected chi connectivity index (χ1v) is 6.20. The van der Waals surface area contributed by atoms with E-state index < -0.39 is 0 Å². The number of nitrogens with one attached hydrogen (secondary N) is 1. The minimum absolute atomic E-state index is 0.318. The fourth-order valence-electron chi connectivity index (χ4n) is 1.78. The van der Waals surface area contributed by atoms with Gasteiger partial charge in [-0.25, -0.2) is 5.43 Å². The molecule has 106 valence electrons. The van der Waals surface area contributed by atoms with E-state index in [4.69, 9.17) is 15.3 Å². The molecule has 2 aromatic rings. The van der Waals surface area contributed by atoms with Crippen molar-refractivity contribution < 1.29 is 9.47 Å². The third-order valence-corrected chi connectivity index (χ3v) is 2.71. The molecular weight excluding hydrogens is 258 g/mol. The van der Waals surface area contributed by atoms with Gasteiger partial charge in [0.25, 0.3) is 0 Å². The summed E-state index contributed by atoms with van der Waals surface area (Å²) in [7, 11) is 1.54. The van der Waals surface area contributed by atoms with Crippen molar-refractivity contribution in [3.05, 3.63) is 41.9 Å². The summed E-state index contributed by atoms with van der Waals surface area (Å²) in [6.07, 6.45) is 3.36. The second-order valence-corrected chi connectivity index (χ2v) is 3.99. The normalized spacial score (nSPS) is 11.9. The molecule has 0 aliphatic carbocycles. The molecule has 0 aliphatic heterocycles. The Bertz CT molecular complexity index is 547. The maximum atomic E-state index is 5.61. The molecular formula is C13H17N5O2. The maximum Gasteiger partial charge on any atom is 0.233 e. The Labute approximate surface area is 117 Å². The van der Waals surface area contributed by atoms with E-state index in [0.29, 0.717) is 23.9 Å². The summed E-state index contributed by atoms with van der Waals surface area (Å²) in [5.74, 6) is 6.75. The van der Waals surface area contributed by atoms with Crippen molar-refractivity contribution in [1.29, 1.82) is 0 Å². The summed E-state index contributed by atoms with van der Waals surface area (Å²) < 4.78 is 10.4. The molecule has 2 aromatic heterocycles. The second-order valence-electron chi connectivity index (χ2n) is 3.99. The van der Waals surface area contributed by atoms with Gasteiger partial charge >= 0.3 is 0 Å². The van der Waals surface area contributed by atoms with Crippen LogP contribution in [0, 0.1) is 0 Å². The largest absolute Gasteiger partial charge is 0.492 e. The van der Waals surface area contributed by atoms with Crippen LogP contribution in [0.1, 0.15) is 24.2 Å². The van der Waals surface area contributed by atoms with Crippen LogP contribution in [0.4, 0.5) is 0 Å². The average molecular weight is 275 g/mol. The van der Waals surface area contributed by atoms with Crippen molar-refractivity contribution in [3.8, 4) is 11.6 Å². The third-order valence-electron chi connectivity index (χ3n) is 2.71. The SMILES string of the molecule is CCOc1cncc(C(NN)c2ccc(OC)nn2)c1. The predicted octanol–water partition coefficient (Wildman–Crippen LogP) is 0.832. The van der Waals surface area contributed by atoms with E-state index >= 15 is 0 Å². The van der Waals surface area contributed by atoms with Crippen molar-refractivity contribution in [3.63, 3.8) is 0 Å². The second kappa shape index (κ2) is 6.78. The Morgan fingerprint density at radius 1 is 1.30 bits per heavy atom. The van der Waals surface area contributed by atoms with Gasteiger partial charge in [0.05, 0.1) is 31.6 Å². The van der Waals surface area contributed by atoms with Gasteiger partial charge in [0.2, 0.25) is 5.88 Å². The molecule has 0 spiro atoms. The van der Waals surface area contributed by atoms with E-state index in [1.807, 2.05) is 13.0 Å². The van der Waals surface area contributed by atoms with Crippen LogP contribution in [0.5, 0.6) is 11.6 Å². The van der Waals surface area contributed by atoms with Gasteiger partial charge in [-0.3, -0.25) is 10.8 Å². The molecule has 2 heterocycles.